The van der Waals surface area contributed by atoms with Crippen molar-refractivity contribution in [3.05, 3.63) is 35.9 Å². The topological polar surface area (TPSA) is 66.8 Å². The van der Waals surface area contributed by atoms with Crippen molar-refractivity contribution in [2.75, 3.05) is 19.8 Å². The Kier molecular flexibility index (Phi) is 5.12. The van der Waals surface area contributed by atoms with Gasteiger partial charge < -0.3 is 14.7 Å². The van der Waals surface area contributed by atoms with Crippen LogP contribution in [0.4, 0.5) is 0 Å². The molecule has 1 aliphatic heterocycles. The predicted molar refractivity (Wildman–Crippen MR) is 73.2 cm³/mol. The van der Waals surface area contributed by atoms with Gasteiger partial charge in [-0.15, -0.1) is 0 Å². The highest BCUT2D eigenvalue weighted by atomic mass is 16.5. The van der Waals surface area contributed by atoms with Crippen LogP contribution in [0.5, 0.6) is 0 Å². The Hall–Kier alpha value is -1.88. The number of esters is 1. The monoisotopic (exact) mass is 277 g/mol. The SMILES string of the molecule is O=C(OCCO)[C@H]1CCCCN1C(=O)c1ccccc1. The first kappa shape index (κ1) is 14.5. The molecule has 1 fully saturated rings. The molecule has 108 valence electrons. The molecule has 1 saturated heterocycles. The van der Waals surface area contributed by atoms with Crippen molar-refractivity contribution in [1.82, 2.24) is 4.90 Å². The molecule has 1 amide bonds. The van der Waals surface area contributed by atoms with Crippen LogP contribution in [0.1, 0.15) is 29.6 Å². The number of amides is 1. The number of hydrogen-bond acceptors (Lipinski definition) is 4. The van der Waals surface area contributed by atoms with Gasteiger partial charge in [0.25, 0.3) is 5.91 Å². The number of aliphatic hydroxyl groups is 1. The zero-order valence-corrected chi connectivity index (χ0v) is 11.3. The number of aliphatic hydroxyl groups excluding tert-OH is 1. The van der Waals surface area contributed by atoms with E-state index in [0.717, 1.165) is 12.8 Å². The molecule has 0 aliphatic carbocycles. The Bertz CT molecular complexity index is 460. The third-order valence-corrected chi connectivity index (χ3v) is 3.39. The molecule has 0 unspecified atom stereocenters. The summed E-state index contributed by atoms with van der Waals surface area (Å²) < 4.78 is 4.96. The maximum atomic E-state index is 12.5. The maximum Gasteiger partial charge on any atom is 0.328 e. The molecule has 0 spiro atoms. The van der Waals surface area contributed by atoms with Crippen molar-refractivity contribution in [2.24, 2.45) is 0 Å². The Morgan fingerprint density at radius 1 is 1.25 bits per heavy atom. The molecule has 2 rings (SSSR count). The van der Waals surface area contributed by atoms with Crippen molar-refractivity contribution >= 4 is 11.9 Å². The number of hydrogen-bond donors (Lipinski definition) is 1. The van der Waals surface area contributed by atoms with Crippen LogP contribution >= 0.6 is 0 Å². The predicted octanol–water partition coefficient (Wildman–Crippen LogP) is 1.22. The first-order chi connectivity index (χ1) is 9.74. The van der Waals surface area contributed by atoms with Gasteiger partial charge in [-0.1, -0.05) is 18.2 Å². The summed E-state index contributed by atoms with van der Waals surface area (Å²) in [6, 6.07) is 8.40. The van der Waals surface area contributed by atoms with Gasteiger partial charge in [-0.05, 0) is 31.4 Å². The average molecular weight is 277 g/mol. The molecular weight excluding hydrogens is 258 g/mol. The number of carbonyl (C=O) groups is 2. The van der Waals surface area contributed by atoms with E-state index in [4.69, 9.17) is 9.84 Å². The van der Waals surface area contributed by atoms with Crippen LogP contribution in [-0.2, 0) is 9.53 Å². The summed E-state index contributed by atoms with van der Waals surface area (Å²) in [5.74, 6) is -0.570. The lowest BCUT2D eigenvalue weighted by Gasteiger charge is -2.34. The minimum Gasteiger partial charge on any atom is -0.462 e. The van der Waals surface area contributed by atoms with Gasteiger partial charge in [-0.2, -0.15) is 0 Å². The largest absolute Gasteiger partial charge is 0.462 e. The van der Waals surface area contributed by atoms with E-state index in [1.807, 2.05) is 6.07 Å². The van der Waals surface area contributed by atoms with Gasteiger partial charge in [0.05, 0.1) is 6.61 Å². The number of ether oxygens (including phenoxy) is 1. The van der Waals surface area contributed by atoms with Gasteiger partial charge in [0.2, 0.25) is 0 Å². The number of rotatable bonds is 4. The fraction of sp³-hybridized carbons (Fsp3) is 0.467. The van der Waals surface area contributed by atoms with E-state index >= 15 is 0 Å². The quantitative estimate of drug-likeness (QED) is 0.840. The van der Waals surface area contributed by atoms with Gasteiger partial charge in [-0.25, -0.2) is 4.79 Å². The molecule has 1 aromatic rings. The second-order valence-corrected chi connectivity index (χ2v) is 4.77. The number of benzene rings is 1. The van der Waals surface area contributed by atoms with Crippen LogP contribution in [0.15, 0.2) is 30.3 Å². The van der Waals surface area contributed by atoms with E-state index in [1.165, 1.54) is 0 Å². The lowest BCUT2D eigenvalue weighted by atomic mass is 10.0. The summed E-state index contributed by atoms with van der Waals surface area (Å²) in [7, 11) is 0. The smallest absolute Gasteiger partial charge is 0.328 e. The van der Waals surface area contributed by atoms with Crippen molar-refractivity contribution in [3.8, 4) is 0 Å². The highest BCUT2D eigenvalue weighted by Crippen LogP contribution is 2.20. The van der Waals surface area contributed by atoms with Crippen molar-refractivity contribution in [2.45, 2.75) is 25.3 Å². The fourth-order valence-corrected chi connectivity index (χ4v) is 2.41. The molecule has 0 bridgehead atoms. The summed E-state index contributed by atoms with van der Waals surface area (Å²) in [5, 5.41) is 8.71. The summed E-state index contributed by atoms with van der Waals surface area (Å²) in [6.07, 6.45) is 2.41. The second-order valence-electron chi connectivity index (χ2n) is 4.77. The number of likely N-dealkylation sites (tertiary alicyclic amines) is 1. The fourth-order valence-electron chi connectivity index (χ4n) is 2.41. The highest BCUT2D eigenvalue weighted by Gasteiger charge is 2.33. The van der Waals surface area contributed by atoms with Gasteiger partial charge in [0, 0.05) is 12.1 Å². The zero-order chi connectivity index (χ0) is 14.4. The maximum absolute atomic E-state index is 12.5. The molecule has 20 heavy (non-hydrogen) atoms. The Labute approximate surface area is 118 Å². The van der Waals surface area contributed by atoms with Gasteiger partial charge in [0.1, 0.15) is 12.6 Å². The average Bonchev–Trinajstić information content (AvgIpc) is 2.52. The Morgan fingerprint density at radius 2 is 2.00 bits per heavy atom. The summed E-state index contributed by atoms with van der Waals surface area (Å²) >= 11 is 0. The highest BCUT2D eigenvalue weighted by molar-refractivity contribution is 5.96. The number of carbonyl (C=O) groups excluding carboxylic acids is 2. The summed E-state index contributed by atoms with van der Waals surface area (Å²) in [6.45, 7) is 0.334. The van der Waals surface area contributed by atoms with Crippen LogP contribution in [-0.4, -0.2) is 47.7 Å². The normalized spacial score (nSPS) is 18.6. The molecular formula is C15H19NO4. The van der Waals surface area contributed by atoms with E-state index in [1.54, 1.807) is 29.2 Å². The minimum absolute atomic E-state index is 0.0251. The van der Waals surface area contributed by atoms with Crippen LogP contribution in [0, 0.1) is 0 Å². The number of piperidine rings is 1. The van der Waals surface area contributed by atoms with Gasteiger partial charge in [-0.3, -0.25) is 4.79 Å². The molecule has 0 saturated carbocycles. The standard InChI is InChI=1S/C15H19NO4/c17-10-11-20-15(19)13-8-4-5-9-16(13)14(18)12-6-2-1-3-7-12/h1-3,6-7,13,17H,4-5,8-11H2/t13-/m1/s1. The third kappa shape index (κ3) is 3.36. The van der Waals surface area contributed by atoms with Crippen molar-refractivity contribution in [3.63, 3.8) is 0 Å². The Morgan fingerprint density at radius 3 is 2.70 bits per heavy atom. The minimum atomic E-state index is -0.539. The molecule has 1 aliphatic rings. The second kappa shape index (κ2) is 7.05. The van der Waals surface area contributed by atoms with Crippen LogP contribution in [0.2, 0.25) is 0 Å². The molecule has 1 N–H and O–H groups in total. The van der Waals surface area contributed by atoms with Gasteiger partial charge in [0.15, 0.2) is 0 Å². The lowest BCUT2D eigenvalue weighted by molar-refractivity contribution is -0.151. The first-order valence-corrected chi connectivity index (χ1v) is 6.87. The zero-order valence-electron chi connectivity index (χ0n) is 11.3. The van der Waals surface area contributed by atoms with Crippen molar-refractivity contribution in [1.29, 1.82) is 0 Å². The first-order valence-electron chi connectivity index (χ1n) is 6.87. The molecule has 5 heteroatoms. The summed E-state index contributed by atoms with van der Waals surface area (Å²) in [5.41, 5.74) is 0.578. The molecule has 0 radical (unpaired) electrons. The van der Waals surface area contributed by atoms with Crippen LogP contribution in [0.25, 0.3) is 0 Å². The van der Waals surface area contributed by atoms with Crippen LogP contribution in [0.3, 0.4) is 0 Å². The van der Waals surface area contributed by atoms with E-state index in [0.29, 0.717) is 18.5 Å². The van der Waals surface area contributed by atoms with E-state index < -0.39 is 12.0 Å². The van der Waals surface area contributed by atoms with E-state index in [9.17, 15) is 9.59 Å². The lowest BCUT2D eigenvalue weighted by Crippen LogP contribution is -2.48. The van der Waals surface area contributed by atoms with Crippen molar-refractivity contribution < 1.29 is 19.4 Å². The van der Waals surface area contributed by atoms with Crippen LogP contribution < -0.4 is 0 Å². The van der Waals surface area contributed by atoms with E-state index in [-0.39, 0.29) is 19.1 Å². The molecule has 0 aromatic heterocycles. The van der Waals surface area contributed by atoms with E-state index in [2.05, 4.69) is 0 Å². The molecule has 5 nitrogen and oxygen atoms in total. The molecule has 1 heterocycles. The molecule has 1 atom stereocenters. The third-order valence-electron chi connectivity index (χ3n) is 3.39. The summed E-state index contributed by atoms with van der Waals surface area (Å²) in [4.78, 5) is 26.0. The number of nitrogens with zero attached hydrogens (tertiary/aromatic N) is 1. The molecule has 1 aromatic carbocycles. The van der Waals surface area contributed by atoms with Gasteiger partial charge >= 0.3 is 5.97 Å². The Balaban J connectivity index is 2.10.